The topological polar surface area (TPSA) is 70.7 Å². The Morgan fingerprint density at radius 2 is 2.21 bits per heavy atom. The van der Waals surface area contributed by atoms with Gasteiger partial charge in [0.2, 0.25) is 0 Å². The van der Waals surface area contributed by atoms with Gasteiger partial charge in [-0.15, -0.1) is 0 Å². The van der Waals surface area contributed by atoms with Crippen LogP contribution in [0, 0.1) is 12.3 Å². The highest BCUT2D eigenvalue weighted by Gasteiger charge is 2.57. The fourth-order valence-corrected chi connectivity index (χ4v) is 1.61. The molecular weight excluding hydrogens is 184 g/mol. The van der Waals surface area contributed by atoms with E-state index in [1.165, 1.54) is 0 Å². The fraction of sp³-hybridized carbons (Fsp3) is 0.500. The van der Waals surface area contributed by atoms with Gasteiger partial charge in [-0.1, -0.05) is 0 Å². The van der Waals surface area contributed by atoms with Gasteiger partial charge in [-0.2, -0.15) is 0 Å². The first kappa shape index (κ1) is 9.27. The third-order valence-corrected chi connectivity index (χ3v) is 2.77. The number of carboxylic acid groups (broad SMARTS) is 1. The van der Waals surface area contributed by atoms with E-state index in [-0.39, 0.29) is 0 Å². The van der Waals surface area contributed by atoms with E-state index in [0.717, 1.165) is 0 Å². The Kier molecular flexibility index (Phi) is 1.89. The molecule has 0 aliphatic heterocycles. The van der Waals surface area contributed by atoms with Crippen molar-refractivity contribution in [2.45, 2.75) is 25.9 Å². The molecule has 1 aromatic heterocycles. The number of aliphatic hydroxyl groups excluding tert-OH is 1. The SMILES string of the molecule is Cc1ccc(C(O)C2(C(=O)O)CC2)o1. The molecular formula is C10H12O4. The molecule has 1 aliphatic carbocycles. The molecule has 0 spiro atoms. The summed E-state index contributed by atoms with van der Waals surface area (Å²) in [5, 5.41) is 18.8. The predicted molar refractivity (Wildman–Crippen MR) is 47.7 cm³/mol. The van der Waals surface area contributed by atoms with Crippen LogP contribution in [0.15, 0.2) is 16.5 Å². The van der Waals surface area contributed by atoms with Gasteiger partial charge in [0.25, 0.3) is 0 Å². The van der Waals surface area contributed by atoms with Gasteiger partial charge in [-0.25, -0.2) is 0 Å². The molecule has 1 heterocycles. The van der Waals surface area contributed by atoms with Crippen molar-refractivity contribution in [2.75, 3.05) is 0 Å². The van der Waals surface area contributed by atoms with Crippen molar-refractivity contribution in [3.63, 3.8) is 0 Å². The zero-order valence-electron chi connectivity index (χ0n) is 7.86. The molecule has 0 bridgehead atoms. The van der Waals surface area contributed by atoms with Crippen LogP contribution in [0.4, 0.5) is 0 Å². The number of aliphatic carboxylic acids is 1. The molecule has 0 saturated heterocycles. The van der Waals surface area contributed by atoms with Gasteiger partial charge >= 0.3 is 5.97 Å². The van der Waals surface area contributed by atoms with Gasteiger partial charge in [0.15, 0.2) is 0 Å². The summed E-state index contributed by atoms with van der Waals surface area (Å²) >= 11 is 0. The third-order valence-electron chi connectivity index (χ3n) is 2.77. The van der Waals surface area contributed by atoms with E-state index in [0.29, 0.717) is 24.4 Å². The molecule has 1 aromatic rings. The Morgan fingerprint density at radius 3 is 2.57 bits per heavy atom. The summed E-state index contributed by atoms with van der Waals surface area (Å²) in [5.74, 6) is 0.0849. The largest absolute Gasteiger partial charge is 0.481 e. The van der Waals surface area contributed by atoms with Gasteiger partial charge in [0.1, 0.15) is 23.0 Å². The van der Waals surface area contributed by atoms with Gasteiger partial charge in [0.05, 0.1) is 0 Å². The van der Waals surface area contributed by atoms with Crippen molar-refractivity contribution >= 4 is 5.97 Å². The number of carboxylic acids is 1. The number of hydrogen-bond acceptors (Lipinski definition) is 3. The minimum absolute atomic E-state index is 0.349. The van der Waals surface area contributed by atoms with E-state index < -0.39 is 17.5 Å². The first-order chi connectivity index (χ1) is 6.56. The summed E-state index contributed by atoms with van der Waals surface area (Å²) in [5.41, 5.74) is -0.996. The van der Waals surface area contributed by atoms with E-state index in [9.17, 15) is 9.90 Å². The number of hydrogen-bond donors (Lipinski definition) is 2. The second-order valence-electron chi connectivity index (χ2n) is 3.81. The number of aliphatic hydroxyl groups is 1. The molecule has 14 heavy (non-hydrogen) atoms. The highest BCUT2D eigenvalue weighted by molar-refractivity contribution is 5.78. The van der Waals surface area contributed by atoms with Crippen molar-refractivity contribution in [2.24, 2.45) is 5.41 Å². The second kappa shape index (κ2) is 2.85. The van der Waals surface area contributed by atoms with Crippen LogP contribution in [0.5, 0.6) is 0 Å². The van der Waals surface area contributed by atoms with Gasteiger partial charge in [0, 0.05) is 0 Å². The maximum absolute atomic E-state index is 10.9. The van der Waals surface area contributed by atoms with Gasteiger partial charge in [-0.3, -0.25) is 4.79 Å². The lowest BCUT2D eigenvalue weighted by molar-refractivity contribution is -0.148. The van der Waals surface area contributed by atoms with Gasteiger partial charge in [-0.05, 0) is 31.9 Å². The lowest BCUT2D eigenvalue weighted by atomic mass is 9.97. The molecule has 76 valence electrons. The fourth-order valence-electron chi connectivity index (χ4n) is 1.61. The van der Waals surface area contributed by atoms with Crippen LogP contribution in [-0.4, -0.2) is 16.2 Å². The Hall–Kier alpha value is -1.29. The molecule has 4 heteroatoms. The molecule has 1 saturated carbocycles. The van der Waals surface area contributed by atoms with E-state index in [1.807, 2.05) is 0 Å². The summed E-state index contributed by atoms with van der Waals surface area (Å²) in [7, 11) is 0. The summed E-state index contributed by atoms with van der Waals surface area (Å²) in [6.45, 7) is 1.76. The van der Waals surface area contributed by atoms with Gasteiger partial charge < -0.3 is 14.6 Å². The molecule has 1 atom stereocenters. The molecule has 1 unspecified atom stereocenters. The van der Waals surface area contributed by atoms with Crippen LogP contribution in [0.3, 0.4) is 0 Å². The molecule has 1 fully saturated rings. The average Bonchev–Trinajstić information content (AvgIpc) is 2.84. The summed E-state index contributed by atoms with van der Waals surface area (Å²) < 4.78 is 5.21. The average molecular weight is 196 g/mol. The van der Waals surface area contributed by atoms with Crippen LogP contribution in [0.2, 0.25) is 0 Å². The number of rotatable bonds is 3. The lowest BCUT2D eigenvalue weighted by Crippen LogP contribution is -2.23. The van der Waals surface area contributed by atoms with Crippen molar-refractivity contribution < 1.29 is 19.4 Å². The monoisotopic (exact) mass is 196 g/mol. The van der Waals surface area contributed by atoms with Crippen LogP contribution in [-0.2, 0) is 4.79 Å². The second-order valence-corrected chi connectivity index (χ2v) is 3.81. The Labute approximate surface area is 81.2 Å². The normalized spacial score (nSPS) is 20.4. The van der Waals surface area contributed by atoms with Crippen LogP contribution in [0.25, 0.3) is 0 Å². The van der Waals surface area contributed by atoms with E-state index in [1.54, 1.807) is 19.1 Å². The molecule has 1 aliphatic rings. The van der Waals surface area contributed by atoms with Crippen LogP contribution in [0.1, 0.15) is 30.5 Å². The summed E-state index contributed by atoms with van der Waals surface area (Å²) in [4.78, 5) is 10.9. The summed E-state index contributed by atoms with van der Waals surface area (Å²) in [6, 6.07) is 3.35. The molecule has 0 aromatic carbocycles. The maximum Gasteiger partial charge on any atom is 0.312 e. The van der Waals surface area contributed by atoms with Crippen molar-refractivity contribution in [1.29, 1.82) is 0 Å². The summed E-state index contributed by atoms with van der Waals surface area (Å²) in [6.07, 6.45) is 0.0145. The minimum atomic E-state index is -1.02. The molecule has 4 nitrogen and oxygen atoms in total. The van der Waals surface area contributed by atoms with Crippen molar-refractivity contribution in [3.05, 3.63) is 23.7 Å². The van der Waals surface area contributed by atoms with Crippen LogP contribution >= 0.6 is 0 Å². The molecule has 0 amide bonds. The maximum atomic E-state index is 10.9. The zero-order chi connectivity index (χ0) is 10.3. The van der Waals surface area contributed by atoms with E-state index >= 15 is 0 Å². The van der Waals surface area contributed by atoms with E-state index in [4.69, 9.17) is 9.52 Å². The predicted octanol–water partition coefficient (Wildman–Crippen LogP) is 1.49. The zero-order valence-corrected chi connectivity index (χ0v) is 7.86. The molecule has 0 radical (unpaired) electrons. The Bertz CT molecular complexity index is 362. The first-order valence-corrected chi connectivity index (χ1v) is 4.54. The Morgan fingerprint density at radius 1 is 1.57 bits per heavy atom. The molecule has 2 N–H and O–H groups in total. The number of aryl methyl sites for hydroxylation is 1. The van der Waals surface area contributed by atoms with Crippen molar-refractivity contribution in [3.8, 4) is 0 Å². The highest BCUT2D eigenvalue weighted by Crippen LogP contribution is 2.55. The van der Waals surface area contributed by atoms with Crippen LogP contribution < -0.4 is 0 Å². The number of carbonyl (C=O) groups is 1. The first-order valence-electron chi connectivity index (χ1n) is 4.54. The third kappa shape index (κ3) is 1.23. The standard InChI is InChI=1S/C10H12O4/c1-6-2-3-7(14-6)8(11)10(4-5-10)9(12)13/h2-3,8,11H,4-5H2,1H3,(H,12,13). The smallest absolute Gasteiger partial charge is 0.312 e. The number of furan rings is 1. The lowest BCUT2D eigenvalue weighted by Gasteiger charge is -2.15. The highest BCUT2D eigenvalue weighted by atomic mass is 16.4. The van der Waals surface area contributed by atoms with Crippen molar-refractivity contribution in [1.82, 2.24) is 0 Å². The Balaban J connectivity index is 2.24. The van der Waals surface area contributed by atoms with E-state index in [2.05, 4.69) is 0 Å². The minimum Gasteiger partial charge on any atom is -0.481 e. The quantitative estimate of drug-likeness (QED) is 0.768. The molecule has 2 rings (SSSR count).